The number of sulfonamides is 1. The van der Waals surface area contributed by atoms with Gasteiger partial charge in [-0.25, -0.2) is 13.1 Å². The van der Waals surface area contributed by atoms with Crippen molar-refractivity contribution in [3.05, 3.63) is 72.3 Å². The molecule has 0 aliphatic carbocycles. The fourth-order valence-corrected chi connectivity index (χ4v) is 3.77. The van der Waals surface area contributed by atoms with Gasteiger partial charge in [0.05, 0.1) is 4.90 Å². The van der Waals surface area contributed by atoms with Gasteiger partial charge in [-0.3, -0.25) is 9.59 Å². The van der Waals surface area contributed by atoms with Gasteiger partial charge in [0.1, 0.15) is 0 Å². The first-order valence-electron chi connectivity index (χ1n) is 8.74. The number of anilines is 1. The topological polar surface area (TPSA) is 92.3 Å². The van der Waals surface area contributed by atoms with Gasteiger partial charge >= 0.3 is 0 Å². The molecule has 0 saturated carbocycles. The number of nitrogens with one attached hydrogen (secondary N) is 2. The Kier molecular flexibility index (Phi) is 5.87. The van der Waals surface area contributed by atoms with Gasteiger partial charge in [0.25, 0.3) is 0 Å². The lowest BCUT2D eigenvalue weighted by Crippen LogP contribution is -2.27. The van der Waals surface area contributed by atoms with Gasteiger partial charge in [-0.05, 0) is 42.0 Å². The van der Waals surface area contributed by atoms with E-state index in [4.69, 9.17) is 0 Å². The fraction of sp³-hybridized carbons (Fsp3) is 0.143. The Labute approximate surface area is 163 Å². The molecule has 3 aromatic rings. The Morgan fingerprint density at radius 1 is 0.893 bits per heavy atom. The molecule has 0 bridgehead atoms. The molecule has 3 aromatic carbocycles. The van der Waals surface area contributed by atoms with E-state index in [-0.39, 0.29) is 29.6 Å². The number of carbonyl (C=O) groups is 2. The Morgan fingerprint density at radius 2 is 1.57 bits per heavy atom. The van der Waals surface area contributed by atoms with E-state index in [9.17, 15) is 18.0 Å². The zero-order valence-corrected chi connectivity index (χ0v) is 16.1. The molecule has 0 fully saturated rings. The molecule has 1 amide bonds. The third-order valence-electron chi connectivity index (χ3n) is 4.25. The number of benzene rings is 3. The van der Waals surface area contributed by atoms with Gasteiger partial charge in [0.2, 0.25) is 15.9 Å². The number of fused-ring (bicyclic) bond motifs is 1. The average molecular weight is 396 g/mol. The standard InChI is InChI=1S/C21H20N2O4S/c1-15(24)16-7-10-20(11-8-16)28(26,27)22-13-12-21(25)23-19-9-6-17-4-2-3-5-18(17)14-19/h2-11,14,22H,12-13H2,1H3,(H,23,25). The summed E-state index contributed by atoms with van der Waals surface area (Å²) < 4.78 is 26.9. The van der Waals surface area contributed by atoms with Crippen LogP contribution in [0.5, 0.6) is 0 Å². The summed E-state index contributed by atoms with van der Waals surface area (Å²) in [6.45, 7) is 1.38. The third kappa shape index (κ3) is 4.82. The van der Waals surface area contributed by atoms with Crippen molar-refractivity contribution in [3.63, 3.8) is 0 Å². The van der Waals surface area contributed by atoms with Gasteiger partial charge < -0.3 is 5.32 Å². The van der Waals surface area contributed by atoms with Crippen molar-refractivity contribution in [2.75, 3.05) is 11.9 Å². The second-order valence-electron chi connectivity index (χ2n) is 6.34. The highest BCUT2D eigenvalue weighted by Crippen LogP contribution is 2.19. The number of amides is 1. The van der Waals surface area contributed by atoms with Crippen LogP contribution in [0.2, 0.25) is 0 Å². The van der Waals surface area contributed by atoms with E-state index in [1.54, 1.807) is 6.07 Å². The molecule has 0 aromatic heterocycles. The molecule has 6 nitrogen and oxygen atoms in total. The van der Waals surface area contributed by atoms with Crippen LogP contribution in [0.4, 0.5) is 5.69 Å². The van der Waals surface area contributed by atoms with E-state index in [0.29, 0.717) is 11.3 Å². The van der Waals surface area contributed by atoms with Crippen LogP contribution in [0.15, 0.2) is 71.6 Å². The number of rotatable bonds is 7. The quantitative estimate of drug-likeness (QED) is 0.599. The molecule has 144 valence electrons. The van der Waals surface area contributed by atoms with Gasteiger partial charge in [-0.15, -0.1) is 0 Å². The minimum absolute atomic E-state index is 0.00239. The molecule has 0 aliphatic rings. The number of ketones is 1. The van der Waals surface area contributed by atoms with E-state index < -0.39 is 10.0 Å². The Bertz CT molecular complexity index is 1120. The summed E-state index contributed by atoms with van der Waals surface area (Å²) in [5.41, 5.74) is 1.10. The number of hydrogen-bond acceptors (Lipinski definition) is 4. The minimum Gasteiger partial charge on any atom is -0.326 e. The maximum Gasteiger partial charge on any atom is 0.240 e. The van der Waals surface area contributed by atoms with E-state index in [2.05, 4.69) is 10.0 Å². The first-order chi connectivity index (χ1) is 13.3. The lowest BCUT2D eigenvalue weighted by atomic mass is 10.1. The molecule has 0 radical (unpaired) electrons. The van der Waals surface area contributed by atoms with Crippen molar-refractivity contribution in [1.29, 1.82) is 0 Å². The molecule has 0 aliphatic heterocycles. The van der Waals surface area contributed by atoms with Crippen LogP contribution in [0.3, 0.4) is 0 Å². The fourth-order valence-electron chi connectivity index (χ4n) is 2.74. The highest BCUT2D eigenvalue weighted by Gasteiger charge is 2.14. The van der Waals surface area contributed by atoms with Crippen molar-refractivity contribution in [1.82, 2.24) is 4.72 Å². The molecule has 28 heavy (non-hydrogen) atoms. The van der Waals surface area contributed by atoms with Gasteiger partial charge in [0, 0.05) is 24.2 Å². The summed E-state index contributed by atoms with van der Waals surface area (Å²) in [6, 6.07) is 19.1. The maximum atomic E-state index is 12.3. The van der Waals surface area contributed by atoms with Crippen LogP contribution < -0.4 is 10.0 Å². The predicted molar refractivity (Wildman–Crippen MR) is 109 cm³/mol. The summed E-state index contributed by atoms with van der Waals surface area (Å²) in [6.07, 6.45) is -0.00239. The predicted octanol–water partition coefficient (Wildman–Crippen LogP) is 3.35. The monoisotopic (exact) mass is 396 g/mol. The zero-order chi connectivity index (χ0) is 20.1. The van der Waals surface area contributed by atoms with Crippen LogP contribution in [0, 0.1) is 0 Å². The summed E-state index contributed by atoms with van der Waals surface area (Å²) in [5, 5.41) is 4.85. The molecule has 3 rings (SSSR count). The van der Waals surface area contributed by atoms with Gasteiger partial charge in [0.15, 0.2) is 5.78 Å². The number of hydrogen-bond donors (Lipinski definition) is 2. The Hall–Kier alpha value is -3.03. The smallest absolute Gasteiger partial charge is 0.240 e. The first-order valence-corrected chi connectivity index (χ1v) is 10.2. The van der Waals surface area contributed by atoms with Crippen LogP contribution in [0.1, 0.15) is 23.7 Å². The van der Waals surface area contributed by atoms with E-state index in [1.165, 1.54) is 31.2 Å². The largest absolute Gasteiger partial charge is 0.326 e. The Balaban J connectivity index is 1.55. The van der Waals surface area contributed by atoms with Crippen molar-refractivity contribution in [2.45, 2.75) is 18.2 Å². The molecular weight excluding hydrogens is 376 g/mol. The van der Waals surface area contributed by atoms with E-state index in [0.717, 1.165) is 10.8 Å². The molecule has 0 unspecified atom stereocenters. The second kappa shape index (κ2) is 8.33. The van der Waals surface area contributed by atoms with E-state index >= 15 is 0 Å². The lowest BCUT2D eigenvalue weighted by molar-refractivity contribution is -0.116. The number of carbonyl (C=O) groups excluding carboxylic acids is 2. The summed E-state index contributed by atoms with van der Waals surface area (Å²) in [4.78, 5) is 23.4. The second-order valence-corrected chi connectivity index (χ2v) is 8.11. The zero-order valence-electron chi connectivity index (χ0n) is 15.3. The third-order valence-corrected chi connectivity index (χ3v) is 5.73. The van der Waals surface area contributed by atoms with Crippen molar-refractivity contribution in [3.8, 4) is 0 Å². The minimum atomic E-state index is -3.74. The van der Waals surface area contributed by atoms with Crippen LogP contribution in [-0.2, 0) is 14.8 Å². The van der Waals surface area contributed by atoms with E-state index in [1.807, 2.05) is 36.4 Å². The molecule has 0 spiro atoms. The number of Topliss-reactive ketones (excluding diaryl/α,β-unsaturated/α-hetero) is 1. The van der Waals surface area contributed by atoms with Crippen LogP contribution >= 0.6 is 0 Å². The summed E-state index contributed by atoms with van der Waals surface area (Å²) >= 11 is 0. The summed E-state index contributed by atoms with van der Waals surface area (Å²) in [7, 11) is -3.74. The molecule has 2 N–H and O–H groups in total. The maximum absolute atomic E-state index is 12.3. The summed E-state index contributed by atoms with van der Waals surface area (Å²) in [5.74, 6) is -0.424. The molecule has 7 heteroatoms. The van der Waals surface area contributed by atoms with Crippen molar-refractivity contribution in [2.24, 2.45) is 0 Å². The van der Waals surface area contributed by atoms with Crippen molar-refractivity contribution < 1.29 is 18.0 Å². The first kappa shape index (κ1) is 19.7. The van der Waals surface area contributed by atoms with Crippen LogP contribution in [-0.4, -0.2) is 26.7 Å². The van der Waals surface area contributed by atoms with Gasteiger partial charge in [-0.1, -0.05) is 42.5 Å². The highest BCUT2D eigenvalue weighted by molar-refractivity contribution is 7.89. The SMILES string of the molecule is CC(=O)c1ccc(S(=O)(=O)NCCC(=O)Nc2ccc3ccccc3c2)cc1. The average Bonchev–Trinajstić information content (AvgIpc) is 2.68. The lowest BCUT2D eigenvalue weighted by Gasteiger charge is -2.09. The van der Waals surface area contributed by atoms with Crippen LogP contribution in [0.25, 0.3) is 10.8 Å². The molecule has 0 saturated heterocycles. The highest BCUT2D eigenvalue weighted by atomic mass is 32.2. The Morgan fingerprint density at radius 3 is 2.25 bits per heavy atom. The van der Waals surface area contributed by atoms with Crippen molar-refractivity contribution >= 4 is 38.2 Å². The molecule has 0 heterocycles. The normalized spacial score (nSPS) is 11.3. The molecular formula is C21H20N2O4S. The van der Waals surface area contributed by atoms with Gasteiger partial charge in [-0.2, -0.15) is 0 Å². The molecule has 0 atom stereocenters.